The van der Waals surface area contributed by atoms with E-state index in [1.54, 1.807) is 0 Å². The van der Waals surface area contributed by atoms with E-state index in [2.05, 4.69) is 20.5 Å². The van der Waals surface area contributed by atoms with Crippen LogP contribution < -0.4 is 69.7 Å². The summed E-state index contributed by atoms with van der Waals surface area (Å²) in [6.07, 6.45) is 0. The molecule has 0 aromatic heterocycles. The van der Waals surface area contributed by atoms with Gasteiger partial charge >= 0.3 is 74.3 Å². The van der Waals surface area contributed by atoms with E-state index in [1.807, 2.05) is 0 Å². The van der Waals surface area contributed by atoms with Gasteiger partial charge in [0.2, 0.25) is 0 Å². The first-order chi connectivity index (χ1) is 21.0. The third-order valence-electron chi connectivity index (χ3n) is 5.81. The Morgan fingerprint density at radius 1 is 0.604 bits per heavy atom. The fourth-order valence-corrected chi connectivity index (χ4v) is 7.11. The molecule has 0 spiro atoms. The molecule has 26 heteroatoms. The molecule has 0 amide bonds. The number of hydrogen-bond acceptors (Lipinski definition) is 14. The molecule has 0 aliphatic heterocycles. The number of aromatic hydroxyl groups is 2. The number of rotatable bonds is 8. The van der Waals surface area contributed by atoms with Crippen molar-refractivity contribution in [3.05, 3.63) is 58.6 Å². The summed E-state index contributed by atoms with van der Waals surface area (Å²) in [6, 6.07) is 6.60. The first-order valence-corrected chi connectivity index (χ1v) is 18.3. The zero-order chi connectivity index (χ0) is 34.6. The Labute approximate surface area is 324 Å². The molecule has 18 nitrogen and oxygen atoms in total. The SMILES string of the molecule is O=P(O)(O)c1cc(Cl)ccc1N=Nc1c(S(=O)(=O)[O-])cc2cc(S(=O)(=O)[O-])c(N=Nc3ccc(Cl)cc3P(=O)(O)O)c(O)c2c1O.[Na+].[Na+]. The van der Waals surface area contributed by atoms with Crippen molar-refractivity contribution in [1.82, 2.24) is 0 Å². The minimum absolute atomic E-state index is 0. The van der Waals surface area contributed by atoms with Crippen LogP contribution in [0.25, 0.3) is 10.8 Å². The fourth-order valence-electron chi connectivity index (χ4n) is 3.87. The number of halogens is 2. The van der Waals surface area contributed by atoms with Crippen LogP contribution >= 0.6 is 38.4 Å². The first-order valence-electron chi connectivity index (χ1n) is 11.5. The van der Waals surface area contributed by atoms with Crippen molar-refractivity contribution in [2.24, 2.45) is 20.5 Å². The van der Waals surface area contributed by atoms with Crippen molar-refractivity contribution in [1.29, 1.82) is 0 Å². The van der Waals surface area contributed by atoms with E-state index < -0.39 is 101 Å². The zero-order valence-electron chi connectivity index (χ0n) is 23.8. The second-order valence-corrected chi connectivity index (χ2v) is 15.6. The molecule has 0 heterocycles. The van der Waals surface area contributed by atoms with Gasteiger partial charge in [-0.3, -0.25) is 9.13 Å². The van der Waals surface area contributed by atoms with E-state index in [1.165, 1.54) is 0 Å². The summed E-state index contributed by atoms with van der Waals surface area (Å²) in [6.45, 7) is 0. The molecule has 4 aromatic rings. The minimum atomic E-state index is -5.61. The molecular formula is C22H14Cl2N4Na2O14P2S2. The number of fused-ring (bicyclic) bond motifs is 1. The second-order valence-electron chi connectivity index (χ2n) is 8.90. The average Bonchev–Trinajstić information content (AvgIpc) is 2.90. The maximum atomic E-state index is 12.1. The van der Waals surface area contributed by atoms with Gasteiger partial charge in [0.05, 0.1) is 25.8 Å². The van der Waals surface area contributed by atoms with Crippen LogP contribution in [0, 0.1) is 0 Å². The standard InChI is InChI=1S/C22H16Cl2N4O14P2S2.2Na/c23-10-1-3-12(14(7-10)43(31,32)33)25-27-19-16(45(37,38)39)5-9-6-17(46(40,41)42)20(22(30)18(9)21(19)29)28-26-13-4-2-11(24)8-15(13)44(34,35)36;;/h1-8,29-30H,(H2,31,32,33)(H2,34,35,36)(H,37,38,39)(H,40,41,42);;/q;2*+1/p-2. The largest absolute Gasteiger partial charge is 1.00 e. The van der Waals surface area contributed by atoms with Crippen LogP contribution in [0.1, 0.15) is 0 Å². The van der Waals surface area contributed by atoms with Crippen molar-refractivity contribution in [2.75, 3.05) is 0 Å². The van der Waals surface area contributed by atoms with Crippen molar-refractivity contribution in [3.63, 3.8) is 0 Å². The van der Waals surface area contributed by atoms with Gasteiger partial charge in [-0.15, -0.1) is 20.5 Å². The molecule has 0 aliphatic rings. The number of phenolic OH excluding ortho intramolecular Hbond substituents is 2. The molecule has 0 unspecified atom stereocenters. The normalized spacial score (nSPS) is 12.8. The molecule has 0 fully saturated rings. The van der Waals surface area contributed by atoms with Crippen molar-refractivity contribution in [3.8, 4) is 11.5 Å². The Hall–Kier alpha value is -1.36. The molecular weight excluding hydrogens is 787 g/mol. The van der Waals surface area contributed by atoms with Crippen LogP contribution in [0.5, 0.6) is 11.5 Å². The van der Waals surface area contributed by atoms with E-state index in [0.29, 0.717) is 12.1 Å². The van der Waals surface area contributed by atoms with E-state index in [-0.39, 0.29) is 69.2 Å². The van der Waals surface area contributed by atoms with E-state index >= 15 is 0 Å². The average molecular weight is 801 g/mol. The van der Waals surface area contributed by atoms with Crippen LogP contribution in [0.15, 0.2) is 78.8 Å². The topological polar surface area (TPSA) is 319 Å². The molecule has 244 valence electrons. The number of phenols is 2. The van der Waals surface area contributed by atoms with Crippen LogP contribution in [0.3, 0.4) is 0 Å². The molecule has 6 N–H and O–H groups in total. The summed E-state index contributed by atoms with van der Waals surface area (Å²) in [4.78, 5) is 35.7. The van der Waals surface area contributed by atoms with Gasteiger partial charge in [-0.25, -0.2) is 16.8 Å². The molecule has 0 saturated carbocycles. The number of azo groups is 2. The molecule has 4 rings (SSSR count). The van der Waals surface area contributed by atoms with E-state index in [0.717, 1.165) is 36.4 Å². The van der Waals surface area contributed by atoms with Crippen molar-refractivity contribution < 1.29 is 124 Å². The molecule has 0 saturated heterocycles. The molecule has 0 atom stereocenters. The molecule has 0 aliphatic carbocycles. The fraction of sp³-hybridized carbons (Fsp3) is 0. The smallest absolute Gasteiger partial charge is 0.744 e. The number of benzene rings is 4. The predicted molar refractivity (Wildman–Crippen MR) is 158 cm³/mol. The summed E-state index contributed by atoms with van der Waals surface area (Å²) >= 11 is 11.5. The molecule has 0 bridgehead atoms. The van der Waals surface area contributed by atoms with Gasteiger partial charge in [-0.2, -0.15) is 0 Å². The minimum Gasteiger partial charge on any atom is -0.744 e. The number of hydrogen-bond donors (Lipinski definition) is 6. The Morgan fingerprint density at radius 3 is 1.23 bits per heavy atom. The third kappa shape index (κ3) is 9.49. The van der Waals surface area contributed by atoms with Gasteiger partial charge in [0, 0.05) is 10.0 Å². The second kappa shape index (κ2) is 15.5. The van der Waals surface area contributed by atoms with Gasteiger partial charge in [0.15, 0.2) is 11.5 Å². The Kier molecular flexibility index (Phi) is 13.8. The molecule has 48 heavy (non-hydrogen) atoms. The Bertz CT molecular complexity index is 2180. The maximum absolute atomic E-state index is 12.1. The van der Waals surface area contributed by atoms with Crippen molar-refractivity contribution >= 4 is 103 Å². The number of nitrogens with zero attached hydrogens (tertiary/aromatic N) is 4. The summed E-state index contributed by atoms with van der Waals surface area (Å²) in [7, 11) is -21.4. The maximum Gasteiger partial charge on any atom is 1.00 e. The van der Waals surface area contributed by atoms with E-state index in [4.69, 9.17) is 23.2 Å². The van der Waals surface area contributed by atoms with Gasteiger partial charge in [0.25, 0.3) is 0 Å². The van der Waals surface area contributed by atoms with E-state index in [9.17, 15) is 64.9 Å². The van der Waals surface area contributed by atoms with Gasteiger partial charge in [-0.1, -0.05) is 23.2 Å². The van der Waals surface area contributed by atoms with Gasteiger partial charge in [-0.05, 0) is 53.9 Å². The zero-order valence-corrected chi connectivity index (χ0v) is 32.8. The van der Waals surface area contributed by atoms with Crippen LogP contribution in [-0.2, 0) is 29.4 Å². The molecule has 4 aromatic carbocycles. The van der Waals surface area contributed by atoms with Gasteiger partial charge in [0.1, 0.15) is 43.0 Å². The summed E-state index contributed by atoms with van der Waals surface area (Å²) in [5, 5.41) is 32.4. The monoisotopic (exact) mass is 800 g/mol. The summed E-state index contributed by atoms with van der Waals surface area (Å²) in [5.41, 5.74) is -3.60. The third-order valence-corrected chi connectivity index (χ3v) is 9.95. The Morgan fingerprint density at radius 2 is 0.938 bits per heavy atom. The van der Waals surface area contributed by atoms with Crippen LogP contribution in [-0.4, -0.2) is 55.7 Å². The summed E-state index contributed by atoms with van der Waals surface area (Å²) in [5.74, 6) is -2.73. The van der Waals surface area contributed by atoms with Crippen LogP contribution in [0.4, 0.5) is 22.7 Å². The van der Waals surface area contributed by atoms with Crippen molar-refractivity contribution in [2.45, 2.75) is 9.79 Å². The first kappa shape index (κ1) is 42.8. The predicted octanol–water partition coefficient (Wildman–Crippen LogP) is -2.19. The molecule has 0 radical (unpaired) electrons. The quantitative estimate of drug-likeness (QED) is 0.0478. The van der Waals surface area contributed by atoms with Gasteiger partial charge < -0.3 is 38.9 Å². The summed E-state index contributed by atoms with van der Waals surface area (Å²) < 4.78 is 96.4. The van der Waals surface area contributed by atoms with Crippen LogP contribution in [0.2, 0.25) is 10.0 Å². The Balaban J connectivity index is 0.00000400.